The zero-order valence-electron chi connectivity index (χ0n) is 19.0. The molecule has 0 spiro atoms. The van der Waals surface area contributed by atoms with E-state index < -0.39 is 5.67 Å². The number of benzene rings is 1. The van der Waals surface area contributed by atoms with Crippen LogP contribution in [0.3, 0.4) is 0 Å². The van der Waals surface area contributed by atoms with Crippen molar-refractivity contribution in [1.29, 1.82) is 0 Å². The Labute approximate surface area is 194 Å². The first-order valence-corrected chi connectivity index (χ1v) is 11.3. The highest BCUT2D eigenvalue weighted by Gasteiger charge is 2.32. The normalized spacial score (nSPS) is 20.5. The van der Waals surface area contributed by atoms with Crippen LogP contribution in [0.4, 0.5) is 8.78 Å². The Bertz CT molecular complexity index is 1380. The number of rotatable bonds is 5. The minimum absolute atomic E-state index is 0.0152. The molecular formula is C25H25F2N5O2. The molecule has 176 valence electrons. The van der Waals surface area contributed by atoms with Gasteiger partial charge in [-0.1, -0.05) is 6.07 Å². The Morgan fingerprint density at radius 1 is 1.21 bits per heavy atom. The molecule has 1 aliphatic carbocycles. The third-order valence-electron chi connectivity index (χ3n) is 6.54. The number of nitrogens with one attached hydrogen (secondary N) is 1. The summed E-state index contributed by atoms with van der Waals surface area (Å²) < 4.78 is 35.3. The maximum Gasteiger partial charge on any atom is 0.262 e. The predicted molar refractivity (Wildman–Crippen MR) is 124 cm³/mol. The van der Waals surface area contributed by atoms with Crippen LogP contribution in [0, 0.1) is 5.82 Å². The van der Waals surface area contributed by atoms with Gasteiger partial charge in [0.1, 0.15) is 22.7 Å². The summed E-state index contributed by atoms with van der Waals surface area (Å²) in [4.78, 5) is 24.5. The van der Waals surface area contributed by atoms with Gasteiger partial charge in [-0.3, -0.25) is 4.79 Å². The van der Waals surface area contributed by atoms with Gasteiger partial charge in [-0.2, -0.15) is 5.10 Å². The lowest BCUT2D eigenvalue weighted by atomic mass is 9.85. The zero-order chi connectivity index (χ0) is 23.9. The van der Waals surface area contributed by atoms with E-state index in [9.17, 15) is 13.6 Å². The number of fused-ring (bicyclic) bond motifs is 1. The van der Waals surface area contributed by atoms with E-state index in [1.807, 2.05) is 6.07 Å². The van der Waals surface area contributed by atoms with Crippen molar-refractivity contribution in [2.75, 3.05) is 7.11 Å². The Morgan fingerprint density at radius 3 is 2.71 bits per heavy atom. The topological polar surface area (TPSA) is 85.7 Å². The number of H-pyrrole nitrogens is 1. The highest BCUT2D eigenvalue weighted by Crippen LogP contribution is 2.37. The van der Waals surface area contributed by atoms with Crippen LogP contribution in [0.25, 0.3) is 22.2 Å². The molecule has 1 aromatic carbocycles. The van der Waals surface area contributed by atoms with Gasteiger partial charge in [0.25, 0.3) is 5.56 Å². The van der Waals surface area contributed by atoms with E-state index in [0.29, 0.717) is 54.0 Å². The van der Waals surface area contributed by atoms with Gasteiger partial charge in [-0.05, 0) is 61.9 Å². The smallest absolute Gasteiger partial charge is 0.262 e. The molecule has 7 nitrogen and oxygen atoms in total. The van der Waals surface area contributed by atoms with Crippen LogP contribution in [0.15, 0.2) is 47.5 Å². The third kappa shape index (κ3) is 4.30. The molecule has 1 fully saturated rings. The predicted octanol–water partition coefficient (Wildman–Crippen LogP) is 4.76. The van der Waals surface area contributed by atoms with Crippen molar-refractivity contribution < 1.29 is 13.5 Å². The number of hydrogen-bond acceptors (Lipinski definition) is 5. The van der Waals surface area contributed by atoms with E-state index in [4.69, 9.17) is 4.74 Å². The number of nitrogens with zero attached hydrogens (tertiary/aromatic N) is 4. The fraction of sp³-hybridized carbons (Fsp3) is 0.360. The number of pyridine rings is 1. The second-order valence-corrected chi connectivity index (χ2v) is 9.05. The van der Waals surface area contributed by atoms with Crippen molar-refractivity contribution >= 4 is 11.0 Å². The first kappa shape index (κ1) is 22.2. The van der Waals surface area contributed by atoms with Crippen LogP contribution in [0.2, 0.25) is 0 Å². The molecule has 0 bridgehead atoms. The van der Waals surface area contributed by atoms with Crippen LogP contribution in [0.5, 0.6) is 5.88 Å². The molecule has 1 N–H and O–H groups in total. The number of alkyl halides is 1. The summed E-state index contributed by atoms with van der Waals surface area (Å²) in [5, 5.41) is 4.79. The van der Waals surface area contributed by atoms with Crippen LogP contribution >= 0.6 is 0 Å². The molecule has 0 saturated heterocycles. The number of aromatic amines is 1. The lowest BCUT2D eigenvalue weighted by Gasteiger charge is -2.31. The largest absolute Gasteiger partial charge is 0.481 e. The van der Waals surface area contributed by atoms with Crippen LogP contribution < -0.4 is 10.3 Å². The van der Waals surface area contributed by atoms with Crippen molar-refractivity contribution in [3.05, 3.63) is 70.3 Å². The molecule has 9 heteroatoms. The number of hydrogen-bond donors (Lipinski definition) is 1. The molecule has 34 heavy (non-hydrogen) atoms. The molecular weight excluding hydrogens is 440 g/mol. The molecule has 0 unspecified atom stereocenters. The molecule has 0 atom stereocenters. The van der Waals surface area contributed by atoms with E-state index in [1.54, 1.807) is 29.9 Å². The zero-order valence-corrected chi connectivity index (χ0v) is 19.0. The minimum atomic E-state index is -1.17. The van der Waals surface area contributed by atoms with Gasteiger partial charge in [-0.25, -0.2) is 23.4 Å². The second-order valence-electron chi connectivity index (χ2n) is 9.05. The first-order valence-electron chi connectivity index (χ1n) is 11.3. The molecule has 1 aliphatic rings. The van der Waals surface area contributed by atoms with E-state index >= 15 is 0 Å². The van der Waals surface area contributed by atoms with Gasteiger partial charge in [0.15, 0.2) is 5.65 Å². The van der Waals surface area contributed by atoms with E-state index in [-0.39, 0.29) is 23.8 Å². The third-order valence-corrected chi connectivity index (χ3v) is 6.54. The standard InChI is InChI=1S/C25H25F2N5O2/c1-25(27)9-7-18(8-10-25)32-23-20(14-29-32)24(33)31-21(30-23)12-16-11-17(26)4-5-19(16)15-3-6-22(34-2)28-13-15/h3-6,11,13-14,18H,7-10,12H2,1-2H3,(H,30,31,33). The van der Waals surface area contributed by atoms with Gasteiger partial charge in [0, 0.05) is 24.2 Å². The quantitative estimate of drug-likeness (QED) is 0.459. The molecule has 0 radical (unpaired) electrons. The summed E-state index contributed by atoms with van der Waals surface area (Å²) in [5.74, 6) is 0.497. The van der Waals surface area contributed by atoms with E-state index in [2.05, 4.69) is 20.1 Å². The van der Waals surface area contributed by atoms with Crippen LogP contribution in [0.1, 0.15) is 50.0 Å². The average molecular weight is 466 g/mol. The highest BCUT2D eigenvalue weighted by molar-refractivity contribution is 5.73. The van der Waals surface area contributed by atoms with Crippen molar-refractivity contribution in [2.45, 2.75) is 50.7 Å². The number of halogens is 2. The molecule has 5 rings (SSSR count). The molecule has 0 amide bonds. The van der Waals surface area contributed by atoms with Crippen LogP contribution in [-0.4, -0.2) is 37.5 Å². The van der Waals surface area contributed by atoms with Gasteiger partial charge in [-0.15, -0.1) is 0 Å². The van der Waals surface area contributed by atoms with Gasteiger partial charge in [0.05, 0.1) is 19.3 Å². The monoisotopic (exact) mass is 465 g/mol. The molecule has 0 aliphatic heterocycles. The van der Waals surface area contributed by atoms with Gasteiger partial charge < -0.3 is 9.72 Å². The highest BCUT2D eigenvalue weighted by atomic mass is 19.1. The first-order chi connectivity index (χ1) is 16.3. The summed E-state index contributed by atoms with van der Waals surface area (Å²) in [5.41, 5.74) is 1.23. The van der Waals surface area contributed by atoms with E-state index in [0.717, 1.165) is 11.1 Å². The molecule has 4 aromatic rings. The Kier molecular flexibility index (Phi) is 5.63. The Hall–Kier alpha value is -3.62. The SMILES string of the molecule is COc1ccc(-c2ccc(F)cc2Cc2nc3c(cnn3C3CCC(C)(F)CC3)c(=O)[nH]2)cn1. The van der Waals surface area contributed by atoms with Gasteiger partial charge >= 0.3 is 0 Å². The van der Waals surface area contributed by atoms with Crippen molar-refractivity contribution in [1.82, 2.24) is 24.7 Å². The fourth-order valence-corrected chi connectivity index (χ4v) is 4.61. The van der Waals surface area contributed by atoms with E-state index in [1.165, 1.54) is 25.4 Å². The number of methoxy groups -OCH3 is 1. The van der Waals surface area contributed by atoms with Crippen LogP contribution in [-0.2, 0) is 6.42 Å². The van der Waals surface area contributed by atoms with Crippen molar-refractivity contribution in [3.8, 4) is 17.0 Å². The summed E-state index contributed by atoms with van der Waals surface area (Å²) >= 11 is 0. The maximum absolute atomic E-state index is 14.3. The average Bonchev–Trinajstić information content (AvgIpc) is 3.24. The van der Waals surface area contributed by atoms with Crippen molar-refractivity contribution in [3.63, 3.8) is 0 Å². The summed E-state index contributed by atoms with van der Waals surface area (Å²) in [6, 6.07) is 8.08. The Balaban J connectivity index is 1.51. The summed E-state index contributed by atoms with van der Waals surface area (Å²) in [7, 11) is 1.54. The summed E-state index contributed by atoms with van der Waals surface area (Å²) in [6.07, 6.45) is 5.52. The van der Waals surface area contributed by atoms with Gasteiger partial charge in [0.2, 0.25) is 5.88 Å². The van der Waals surface area contributed by atoms with Crippen molar-refractivity contribution in [2.24, 2.45) is 0 Å². The molecule has 3 aromatic heterocycles. The fourth-order valence-electron chi connectivity index (χ4n) is 4.61. The minimum Gasteiger partial charge on any atom is -0.481 e. The molecule has 3 heterocycles. The molecule has 1 saturated carbocycles. The summed E-state index contributed by atoms with van der Waals surface area (Å²) in [6.45, 7) is 1.63. The lowest BCUT2D eigenvalue weighted by Crippen LogP contribution is -2.28. The number of ether oxygens (including phenoxy) is 1. The lowest BCUT2D eigenvalue weighted by molar-refractivity contribution is 0.103. The second kappa shape index (κ2) is 8.62. The maximum atomic E-state index is 14.3. The Morgan fingerprint density at radius 2 is 2.00 bits per heavy atom. The number of aromatic nitrogens is 5.